The molecule has 7 nitrogen and oxygen atoms in total. The van der Waals surface area contributed by atoms with Crippen LogP contribution >= 0.6 is 11.8 Å². The first-order chi connectivity index (χ1) is 20.0. The number of benzene rings is 3. The number of thioether (sulfide) groups is 1. The van der Waals surface area contributed by atoms with Gasteiger partial charge >= 0.3 is 0 Å². The predicted octanol–water partition coefficient (Wildman–Crippen LogP) is 6.07. The standard InChI is InChI=1S/C32H27FN4O3S/c1-21-10-5-8-16-26(21)37-32-29(30(35-37)22-11-3-2-4-12-22)31(24-14-6-7-15-25(24)33)41-20-28(39)36(32)19-27(38)34-18-23-13-9-17-40-23/h2-17,31H,18-20H2,1H3,(H,34,38)/t31-/m0/s1. The van der Waals surface area contributed by atoms with E-state index in [0.29, 0.717) is 28.4 Å². The van der Waals surface area contributed by atoms with E-state index < -0.39 is 5.25 Å². The highest BCUT2D eigenvalue weighted by molar-refractivity contribution is 8.00. The van der Waals surface area contributed by atoms with Crippen molar-refractivity contribution in [1.82, 2.24) is 15.1 Å². The van der Waals surface area contributed by atoms with Crippen molar-refractivity contribution in [3.05, 3.63) is 126 Å². The highest BCUT2D eigenvalue weighted by Crippen LogP contribution is 2.49. The van der Waals surface area contributed by atoms with Gasteiger partial charge in [-0.3, -0.25) is 14.5 Å². The minimum Gasteiger partial charge on any atom is -0.467 e. The second-order valence-electron chi connectivity index (χ2n) is 9.70. The molecule has 0 bridgehead atoms. The molecule has 0 unspecified atom stereocenters. The second kappa shape index (κ2) is 11.5. The van der Waals surface area contributed by atoms with Crippen LogP contribution in [-0.2, 0) is 16.1 Å². The Morgan fingerprint density at radius 1 is 1.02 bits per heavy atom. The number of carbonyl (C=O) groups excluding carboxylic acids is 2. The normalized spacial score (nSPS) is 14.9. The van der Waals surface area contributed by atoms with E-state index in [4.69, 9.17) is 9.52 Å². The van der Waals surface area contributed by atoms with Gasteiger partial charge in [-0.2, -0.15) is 5.10 Å². The number of carbonyl (C=O) groups is 2. The summed E-state index contributed by atoms with van der Waals surface area (Å²) in [6.07, 6.45) is 1.54. The summed E-state index contributed by atoms with van der Waals surface area (Å²) in [6.45, 7) is 1.93. The summed E-state index contributed by atoms with van der Waals surface area (Å²) in [5.41, 5.74) is 4.29. The lowest BCUT2D eigenvalue weighted by molar-refractivity contribution is -0.123. The van der Waals surface area contributed by atoms with E-state index in [1.165, 1.54) is 29.0 Å². The van der Waals surface area contributed by atoms with Gasteiger partial charge < -0.3 is 9.73 Å². The maximum atomic E-state index is 15.4. The van der Waals surface area contributed by atoms with E-state index in [9.17, 15) is 9.59 Å². The maximum absolute atomic E-state index is 15.4. The Morgan fingerprint density at radius 3 is 2.54 bits per heavy atom. The molecule has 1 aliphatic rings. The average molecular weight is 567 g/mol. The van der Waals surface area contributed by atoms with Gasteiger partial charge in [-0.05, 0) is 36.8 Å². The molecule has 5 aromatic rings. The van der Waals surface area contributed by atoms with Crippen molar-refractivity contribution < 1.29 is 18.4 Å². The molecule has 3 heterocycles. The van der Waals surface area contributed by atoms with E-state index >= 15 is 4.39 Å². The van der Waals surface area contributed by atoms with Gasteiger partial charge in [0.05, 0.1) is 35.2 Å². The highest BCUT2D eigenvalue weighted by Gasteiger charge is 2.38. The molecule has 2 amide bonds. The van der Waals surface area contributed by atoms with E-state index in [1.54, 1.807) is 35.0 Å². The van der Waals surface area contributed by atoms with Crippen molar-refractivity contribution in [1.29, 1.82) is 0 Å². The Kier molecular flexibility index (Phi) is 7.43. The third-order valence-electron chi connectivity index (χ3n) is 7.01. The number of nitrogens with one attached hydrogen (secondary N) is 1. The number of anilines is 1. The molecule has 206 valence electrons. The molecule has 0 spiro atoms. The molecule has 3 aromatic carbocycles. The third-order valence-corrected chi connectivity index (χ3v) is 8.25. The Morgan fingerprint density at radius 2 is 1.78 bits per heavy atom. The molecular weight excluding hydrogens is 539 g/mol. The fourth-order valence-electron chi connectivity index (χ4n) is 5.03. The van der Waals surface area contributed by atoms with Crippen LogP contribution in [0, 0.1) is 12.7 Å². The lowest BCUT2D eigenvalue weighted by Crippen LogP contribution is -2.42. The van der Waals surface area contributed by atoms with Crippen LogP contribution in [0.25, 0.3) is 16.9 Å². The van der Waals surface area contributed by atoms with Gasteiger partial charge in [-0.15, -0.1) is 11.8 Å². The van der Waals surface area contributed by atoms with Crippen LogP contribution in [-0.4, -0.2) is 33.9 Å². The van der Waals surface area contributed by atoms with E-state index in [2.05, 4.69) is 5.32 Å². The van der Waals surface area contributed by atoms with Gasteiger partial charge in [-0.1, -0.05) is 66.7 Å². The Bertz CT molecular complexity index is 1700. The van der Waals surface area contributed by atoms with Crippen LogP contribution in [0.3, 0.4) is 0 Å². The summed E-state index contributed by atoms with van der Waals surface area (Å²) in [5, 5.41) is 7.36. The number of halogens is 1. The fraction of sp³-hybridized carbons (Fsp3) is 0.156. The number of fused-ring (bicyclic) bond motifs is 1. The summed E-state index contributed by atoms with van der Waals surface area (Å²) < 4.78 is 22.4. The van der Waals surface area contributed by atoms with Crippen molar-refractivity contribution in [2.75, 3.05) is 17.2 Å². The van der Waals surface area contributed by atoms with E-state index in [-0.39, 0.29) is 36.5 Å². The van der Waals surface area contributed by atoms with Crippen molar-refractivity contribution in [3.8, 4) is 16.9 Å². The van der Waals surface area contributed by atoms with Gasteiger partial charge in [0.25, 0.3) is 0 Å². The van der Waals surface area contributed by atoms with Crippen LogP contribution in [0.15, 0.2) is 102 Å². The zero-order chi connectivity index (χ0) is 28.3. The number of nitrogens with zero attached hydrogens (tertiary/aromatic N) is 3. The van der Waals surface area contributed by atoms with Crippen molar-refractivity contribution >= 4 is 29.4 Å². The Hall–Kier alpha value is -4.63. The Balaban J connectivity index is 1.56. The Labute approximate surface area is 241 Å². The molecule has 1 atom stereocenters. The first-order valence-corrected chi connectivity index (χ1v) is 14.3. The topological polar surface area (TPSA) is 80.4 Å². The number of hydrogen-bond donors (Lipinski definition) is 1. The largest absolute Gasteiger partial charge is 0.467 e. The zero-order valence-corrected chi connectivity index (χ0v) is 23.1. The van der Waals surface area contributed by atoms with Gasteiger partial charge in [0.2, 0.25) is 11.8 Å². The first-order valence-electron chi connectivity index (χ1n) is 13.2. The molecule has 41 heavy (non-hydrogen) atoms. The van der Waals surface area contributed by atoms with Crippen molar-refractivity contribution in [3.63, 3.8) is 0 Å². The highest BCUT2D eigenvalue weighted by atomic mass is 32.2. The van der Waals surface area contributed by atoms with E-state index in [1.807, 2.05) is 61.5 Å². The van der Waals surface area contributed by atoms with Crippen LogP contribution in [0.4, 0.5) is 10.2 Å². The van der Waals surface area contributed by atoms with Crippen LogP contribution in [0.1, 0.15) is 27.7 Å². The lowest BCUT2D eigenvalue weighted by atomic mass is 9.99. The minimum absolute atomic E-state index is 0.0567. The van der Waals surface area contributed by atoms with Gasteiger partial charge in [0, 0.05) is 16.7 Å². The van der Waals surface area contributed by atoms with E-state index in [0.717, 1.165) is 16.8 Å². The van der Waals surface area contributed by atoms with Gasteiger partial charge in [0.1, 0.15) is 23.9 Å². The number of amides is 2. The molecule has 0 aliphatic carbocycles. The monoisotopic (exact) mass is 566 g/mol. The first kappa shape index (κ1) is 26.6. The summed E-state index contributed by atoms with van der Waals surface area (Å²) in [4.78, 5) is 28.5. The number of hydrogen-bond acceptors (Lipinski definition) is 5. The maximum Gasteiger partial charge on any atom is 0.240 e. The lowest BCUT2D eigenvalue weighted by Gasteiger charge is -2.23. The summed E-state index contributed by atoms with van der Waals surface area (Å²) in [7, 11) is 0. The average Bonchev–Trinajstić information content (AvgIpc) is 3.62. The molecule has 2 aromatic heterocycles. The number of aromatic nitrogens is 2. The molecule has 1 N–H and O–H groups in total. The molecule has 0 radical (unpaired) electrons. The smallest absolute Gasteiger partial charge is 0.240 e. The SMILES string of the molecule is Cc1ccccc1-n1nc(-c2ccccc2)c2c1N(CC(=O)NCc1ccco1)C(=O)CS[C@H]2c1ccccc1F. The summed E-state index contributed by atoms with van der Waals surface area (Å²) in [6, 6.07) is 27.5. The van der Waals surface area contributed by atoms with Crippen LogP contribution < -0.4 is 10.2 Å². The van der Waals surface area contributed by atoms with Crippen molar-refractivity contribution in [2.24, 2.45) is 0 Å². The third kappa shape index (κ3) is 5.28. The van der Waals surface area contributed by atoms with Crippen LogP contribution in [0.2, 0.25) is 0 Å². The molecule has 1 aliphatic heterocycles. The van der Waals surface area contributed by atoms with Gasteiger partial charge in [-0.25, -0.2) is 9.07 Å². The zero-order valence-electron chi connectivity index (χ0n) is 22.3. The van der Waals surface area contributed by atoms with Crippen molar-refractivity contribution in [2.45, 2.75) is 18.7 Å². The number of furan rings is 1. The number of para-hydroxylation sites is 1. The molecule has 0 fully saturated rings. The predicted molar refractivity (Wildman–Crippen MR) is 157 cm³/mol. The second-order valence-corrected chi connectivity index (χ2v) is 10.8. The quantitative estimate of drug-likeness (QED) is 0.259. The van der Waals surface area contributed by atoms with Crippen LogP contribution in [0.5, 0.6) is 0 Å². The molecular formula is C32H27FN4O3S. The molecule has 0 saturated carbocycles. The minimum atomic E-state index is -0.542. The number of rotatable bonds is 7. The number of aryl methyl sites for hydroxylation is 1. The molecule has 6 rings (SSSR count). The van der Waals surface area contributed by atoms with Gasteiger partial charge in [0.15, 0.2) is 0 Å². The summed E-state index contributed by atoms with van der Waals surface area (Å²) >= 11 is 1.33. The fourth-order valence-corrected chi connectivity index (χ4v) is 6.25. The summed E-state index contributed by atoms with van der Waals surface area (Å²) in [5.74, 6) is 0.130. The molecule has 0 saturated heterocycles. The molecule has 9 heteroatoms.